The van der Waals surface area contributed by atoms with Crippen molar-refractivity contribution in [2.75, 3.05) is 13.1 Å². The molecule has 0 bridgehead atoms. The Labute approximate surface area is 83.2 Å². The maximum atomic E-state index is 12.7. The summed E-state index contributed by atoms with van der Waals surface area (Å²) in [6, 6.07) is 0. The number of halogens is 6. The van der Waals surface area contributed by atoms with Crippen LogP contribution in [0.25, 0.3) is 0 Å². The van der Waals surface area contributed by atoms with Crippen LogP contribution in [0.5, 0.6) is 0 Å². The van der Waals surface area contributed by atoms with Crippen molar-refractivity contribution in [3.63, 3.8) is 0 Å². The minimum atomic E-state index is -4.07. The Morgan fingerprint density at radius 2 is 1.77 bits per heavy atom. The third kappa shape index (κ3) is 0.930. The van der Waals surface area contributed by atoms with Gasteiger partial charge in [0.25, 0.3) is 0 Å². The van der Waals surface area contributed by atoms with Crippen molar-refractivity contribution >= 4 is 24.0 Å². The molecule has 1 nitrogen and oxygen atoms in total. The molecule has 2 rings (SSSR count). The highest BCUT2D eigenvalue weighted by molar-refractivity contribution is 6.26. The first-order chi connectivity index (χ1) is 5.34. The van der Waals surface area contributed by atoms with E-state index in [4.69, 9.17) is 11.6 Å². The van der Waals surface area contributed by atoms with Gasteiger partial charge in [-0.05, 0) is 0 Å². The minimum absolute atomic E-state index is 0. The first-order valence-electron chi connectivity index (χ1n) is 3.49. The van der Waals surface area contributed by atoms with Gasteiger partial charge in [0, 0.05) is 13.1 Å². The zero-order valence-electron chi connectivity index (χ0n) is 6.29. The van der Waals surface area contributed by atoms with Gasteiger partial charge in [0.2, 0.25) is 0 Å². The number of rotatable bonds is 0. The van der Waals surface area contributed by atoms with Crippen molar-refractivity contribution in [3.05, 3.63) is 0 Å². The molecule has 1 aliphatic carbocycles. The second kappa shape index (κ2) is 2.64. The summed E-state index contributed by atoms with van der Waals surface area (Å²) in [6.07, 6.45) is 0. The van der Waals surface area contributed by atoms with Crippen LogP contribution in [0.15, 0.2) is 0 Å². The van der Waals surface area contributed by atoms with Crippen molar-refractivity contribution < 1.29 is 17.6 Å². The maximum absolute atomic E-state index is 12.7. The topological polar surface area (TPSA) is 12.0 Å². The lowest BCUT2D eigenvalue weighted by Gasteiger charge is -2.52. The monoisotopic (exact) mass is 239 g/mol. The van der Waals surface area contributed by atoms with Crippen LogP contribution in [0.1, 0.15) is 0 Å². The molecule has 2 unspecified atom stereocenters. The molecular weight excluding hydrogens is 233 g/mol. The van der Waals surface area contributed by atoms with Gasteiger partial charge in [0.15, 0.2) is 0 Å². The lowest BCUT2D eigenvalue weighted by atomic mass is 9.67. The fourth-order valence-corrected chi connectivity index (χ4v) is 2.28. The van der Waals surface area contributed by atoms with E-state index in [1.807, 2.05) is 0 Å². The zero-order valence-corrected chi connectivity index (χ0v) is 7.86. The Kier molecular flexibility index (Phi) is 2.30. The largest absolute Gasteiger partial charge is 0.331 e. The predicted octanol–water partition coefficient (Wildman–Crippen LogP) is 1.89. The van der Waals surface area contributed by atoms with Crippen LogP contribution in [-0.2, 0) is 0 Å². The summed E-state index contributed by atoms with van der Waals surface area (Å²) in [7, 11) is 0. The zero-order chi connectivity index (χ0) is 9.20. The Morgan fingerprint density at radius 1 is 1.23 bits per heavy atom. The van der Waals surface area contributed by atoms with Gasteiger partial charge in [-0.15, -0.1) is 24.0 Å². The minimum Gasteiger partial charge on any atom is -0.314 e. The molecule has 1 heterocycles. The highest BCUT2D eigenvalue weighted by atomic mass is 35.5. The highest BCUT2D eigenvalue weighted by Gasteiger charge is 2.87. The van der Waals surface area contributed by atoms with Crippen LogP contribution >= 0.6 is 24.0 Å². The normalized spacial score (nSPS) is 44.5. The molecule has 1 saturated carbocycles. The Morgan fingerprint density at radius 3 is 2.23 bits per heavy atom. The van der Waals surface area contributed by atoms with Gasteiger partial charge in [-0.2, -0.15) is 17.6 Å². The Hall–Kier alpha value is 0.260. The highest BCUT2D eigenvalue weighted by Crippen LogP contribution is 2.66. The van der Waals surface area contributed by atoms with Crippen LogP contribution in [0.4, 0.5) is 17.6 Å². The van der Waals surface area contributed by atoms with Crippen LogP contribution in [0, 0.1) is 5.92 Å². The van der Waals surface area contributed by atoms with Crippen molar-refractivity contribution in [1.29, 1.82) is 0 Å². The van der Waals surface area contributed by atoms with Crippen LogP contribution in [0.2, 0.25) is 0 Å². The summed E-state index contributed by atoms with van der Waals surface area (Å²) >= 11 is 5.39. The van der Waals surface area contributed by atoms with E-state index in [1.165, 1.54) is 0 Å². The smallest absolute Gasteiger partial charge is 0.314 e. The van der Waals surface area contributed by atoms with Crippen LogP contribution in [0.3, 0.4) is 0 Å². The van der Waals surface area contributed by atoms with E-state index in [1.54, 1.807) is 0 Å². The van der Waals surface area contributed by atoms with Gasteiger partial charge in [0.1, 0.15) is 4.87 Å². The van der Waals surface area contributed by atoms with E-state index in [-0.39, 0.29) is 25.5 Å². The summed E-state index contributed by atoms with van der Waals surface area (Å²) < 4.78 is 50.8. The SMILES string of the molecule is Cl.FC1(F)C2CNCC2(Cl)C1(F)F. The van der Waals surface area contributed by atoms with Crippen molar-refractivity contribution in [2.45, 2.75) is 16.7 Å². The number of hydrogen-bond acceptors (Lipinski definition) is 1. The van der Waals surface area contributed by atoms with E-state index in [0.717, 1.165) is 0 Å². The second-order valence-electron chi connectivity index (χ2n) is 3.24. The number of nitrogens with one attached hydrogen (secondary N) is 1. The first-order valence-corrected chi connectivity index (χ1v) is 3.87. The third-order valence-electron chi connectivity index (χ3n) is 2.66. The van der Waals surface area contributed by atoms with Gasteiger partial charge in [0.05, 0.1) is 5.92 Å². The van der Waals surface area contributed by atoms with Gasteiger partial charge in [-0.25, -0.2) is 0 Å². The van der Waals surface area contributed by atoms with E-state index >= 15 is 0 Å². The molecule has 2 atom stereocenters. The molecule has 0 aromatic heterocycles. The molecule has 1 saturated heterocycles. The second-order valence-corrected chi connectivity index (χ2v) is 3.92. The van der Waals surface area contributed by atoms with E-state index in [9.17, 15) is 17.6 Å². The van der Waals surface area contributed by atoms with Gasteiger partial charge < -0.3 is 5.32 Å². The fourth-order valence-electron chi connectivity index (χ4n) is 1.85. The summed E-state index contributed by atoms with van der Waals surface area (Å²) in [5.41, 5.74) is 0. The molecule has 0 spiro atoms. The summed E-state index contributed by atoms with van der Waals surface area (Å²) in [5, 5.41) is 2.44. The molecule has 78 valence electrons. The fraction of sp³-hybridized carbons (Fsp3) is 1.00. The average molecular weight is 240 g/mol. The third-order valence-corrected chi connectivity index (χ3v) is 3.30. The van der Waals surface area contributed by atoms with Crippen LogP contribution in [-0.4, -0.2) is 29.8 Å². The predicted molar refractivity (Wildman–Crippen MR) is 42.1 cm³/mol. The molecule has 2 fully saturated rings. The summed E-state index contributed by atoms with van der Waals surface area (Å²) in [5.74, 6) is -9.45. The van der Waals surface area contributed by atoms with E-state index in [2.05, 4.69) is 5.32 Å². The molecule has 1 N–H and O–H groups in total. The molecule has 0 aromatic carbocycles. The first kappa shape index (κ1) is 11.3. The summed E-state index contributed by atoms with van der Waals surface area (Å²) in [6.45, 7) is -0.381. The molecule has 0 amide bonds. The quantitative estimate of drug-likeness (QED) is 0.503. The molecule has 7 heteroatoms. The lowest BCUT2D eigenvalue weighted by Crippen LogP contribution is -2.75. The van der Waals surface area contributed by atoms with E-state index in [0.29, 0.717) is 0 Å². The molecular formula is C6H7Cl2F4N. The summed E-state index contributed by atoms with van der Waals surface area (Å²) in [4.78, 5) is -2.06. The van der Waals surface area contributed by atoms with Crippen LogP contribution < -0.4 is 5.32 Å². The van der Waals surface area contributed by atoms with E-state index < -0.39 is 22.6 Å². The molecule has 0 radical (unpaired) electrons. The maximum Gasteiger partial charge on any atom is 0.331 e. The van der Waals surface area contributed by atoms with Gasteiger partial charge in [-0.3, -0.25) is 0 Å². The number of alkyl halides is 5. The van der Waals surface area contributed by atoms with Crippen molar-refractivity contribution in [3.8, 4) is 0 Å². The Balaban J connectivity index is 0.000000845. The number of fused-ring (bicyclic) bond motifs is 1. The van der Waals surface area contributed by atoms with Crippen molar-refractivity contribution in [2.24, 2.45) is 5.92 Å². The standard InChI is InChI=1S/C6H6ClF4N.ClH/c7-4-2-12-1-3(4)5(8,9)6(4,10)11;/h3,12H,1-2H2;1H. The number of hydrogen-bond donors (Lipinski definition) is 1. The molecule has 2 aliphatic rings. The average Bonchev–Trinajstić information content (AvgIpc) is 2.31. The van der Waals surface area contributed by atoms with Gasteiger partial charge >= 0.3 is 11.8 Å². The molecule has 13 heavy (non-hydrogen) atoms. The molecule has 1 aliphatic heterocycles. The van der Waals surface area contributed by atoms with Crippen molar-refractivity contribution in [1.82, 2.24) is 5.32 Å². The van der Waals surface area contributed by atoms with Gasteiger partial charge in [-0.1, -0.05) is 0 Å². The molecule has 0 aromatic rings. The lowest BCUT2D eigenvalue weighted by molar-refractivity contribution is -0.326. The Bertz CT molecular complexity index is 232.